The van der Waals surface area contributed by atoms with Gasteiger partial charge in [0, 0.05) is 13.2 Å². The van der Waals surface area contributed by atoms with Gasteiger partial charge >= 0.3 is 5.69 Å². The van der Waals surface area contributed by atoms with Crippen LogP contribution in [0, 0.1) is 6.92 Å². The van der Waals surface area contributed by atoms with Gasteiger partial charge in [0.2, 0.25) is 0 Å². The van der Waals surface area contributed by atoms with Crippen LogP contribution in [0.15, 0.2) is 40.1 Å². The molecule has 22 heavy (non-hydrogen) atoms. The highest BCUT2D eigenvalue weighted by Crippen LogP contribution is 2.03. The topological polar surface area (TPSA) is 102 Å². The number of carbonyl (C=O) groups excluding carboxylic acids is 1. The van der Waals surface area contributed by atoms with Crippen LogP contribution in [0.25, 0.3) is 10.9 Å². The molecule has 0 bridgehead atoms. The molecule has 0 atom stereocenters. The lowest BCUT2D eigenvalue weighted by atomic mass is 10.2. The number of carbonyl (C=O) groups is 1. The molecule has 1 aromatic carbocycles. The number of imidazole rings is 1. The normalized spacial score (nSPS) is 10.8. The molecule has 0 aliphatic carbocycles. The molecule has 3 aromatic rings. The smallest absolute Gasteiger partial charge is 0.337 e. The van der Waals surface area contributed by atoms with Gasteiger partial charge in [-0.2, -0.15) is 4.68 Å². The maximum atomic E-state index is 12.3. The van der Waals surface area contributed by atoms with Crippen molar-refractivity contribution in [3.63, 3.8) is 0 Å². The van der Waals surface area contributed by atoms with E-state index in [0.29, 0.717) is 21.4 Å². The number of rotatable bonds is 2. The number of hydrogen-bond acceptors (Lipinski definition) is 4. The van der Waals surface area contributed by atoms with Crippen molar-refractivity contribution in [3.8, 4) is 0 Å². The Morgan fingerprint density at radius 3 is 2.68 bits per heavy atom. The Balaban J connectivity index is 2.06. The molecule has 2 N–H and O–H groups in total. The molecule has 0 saturated carbocycles. The molecule has 0 aliphatic heterocycles. The Labute approximate surface area is 124 Å². The molecule has 0 spiro atoms. The van der Waals surface area contributed by atoms with Crippen molar-refractivity contribution in [1.82, 2.24) is 19.2 Å². The van der Waals surface area contributed by atoms with Gasteiger partial charge in [-0.1, -0.05) is 12.1 Å². The van der Waals surface area contributed by atoms with Gasteiger partial charge in [-0.15, -0.1) is 0 Å². The van der Waals surface area contributed by atoms with Gasteiger partial charge in [-0.3, -0.25) is 15.0 Å². The average Bonchev–Trinajstić information content (AvgIpc) is 2.83. The van der Waals surface area contributed by atoms with Gasteiger partial charge in [-0.25, -0.2) is 9.78 Å². The third-order valence-electron chi connectivity index (χ3n) is 3.36. The second-order valence-corrected chi connectivity index (χ2v) is 4.84. The summed E-state index contributed by atoms with van der Waals surface area (Å²) in [5.41, 5.74) is 1.50. The molecule has 112 valence electrons. The van der Waals surface area contributed by atoms with Crippen molar-refractivity contribution in [2.24, 2.45) is 7.05 Å². The molecule has 0 saturated heterocycles. The SMILES string of the molecule is Cc1nc(C(=O)Nn2c(=O)[nH]c3ccccc3c2=O)cn1C. The summed E-state index contributed by atoms with van der Waals surface area (Å²) in [4.78, 5) is 43.0. The van der Waals surface area contributed by atoms with Crippen molar-refractivity contribution in [1.29, 1.82) is 0 Å². The fourth-order valence-corrected chi connectivity index (χ4v) is 2.09. The first-order valence-corrected chi connectivity index (χ1v) is 6.53. The quantitative estimate of drug-likeness (QED) is 0.701. The third-order valence-corrected chi connectivity index (χ3v) is 3.36. The molecule has 0 unspecified atom stereocenters. The third kappa shape index (κ3) is 2.20. The zero-order chi connectivity index (χ0) is 15.9. The Hall–Kier alpha value is -3.16. The summed E-state index contributed by atoms with van der Waals surface area (Å²) < 4.78 is 2.32. The van der Waals surface area contributed by atoms with Crippen molar-refractivity contribution >= 4 is 16.8 Å². The zero-order valence-corrected chi connectivity index (χ0v) is 12.0. The Morgan fingerprint density at radius 1 is 1.27 bits per heavy atom. The number of benzene rings is 1. The summed E-state index contributed by atoms with van der Waals surface area (Å²) in [6.45, 7) is 1.74. The molecule has 2 heterocycles. The minimum absolute atomic E-state index is 0.124. The lowest BCUT2D eigenvalue weighted by molar-refractivity contribution is 0.100. The summed E-state index contributed by atoms with van der Waals surface area (Å²) in [5.74, 6) is 0.0106. The molecule has 8 nitrogen and oxygen atoms in total. The molecule has 1 amide bonds. The number of nitrogens with zero attached hydrogens (tertiary/aromatic N) is 3. The molecule has 0 radical (unpaired) electrons. The van der Waals surface area contributed by atoms with E-state index in [0.717, 1.165) is 0 Å². The first-order chi connectivity index (χ1) is 10.5. The van der Waals surface area contributed by atoms with E-state index < -0.39 is 17.2 Å². The van der Waals surface area contributed by atoms with Gasteiger partial charge in [0.05, 0.1) is 10.9 Å². The van der Waals surface area contributed by atoms with E-state index in [-0.39, 0.29) is 5.69 Å². The van der Waals surface area contributed by atoms with E-state index in [9.17, 15) is 14.4 Å². The van der Waals surface area contributed by atoms with E-state index in [1.54, 1.807) is 42.8 Å². The largest absolute Gasteiger partial charge is 0.348 e. The van der Waals surface area contributed by atoms with Gasteiger partial charge in [0.1, 0.15) is 11.5 Å². The number of amides is 1. The van der Waals surface area contributed by atoms with Crippen molar-refractivity contribution in [2.45, 2.75) is 6.92 Å². The van der Waals surface area contributed by atoms with E-state index in [1.165, 1.54) is 6.20 Å². The number of aromatic amines is 1. The second-order valence-electron chi connectivity index (χ2n) is 4.84. The number of aryl methyl sites for hydroxylation is 2. The van der Waals surface area contributed by atoms with E-state index in [1.807, 2.05) is 0 Å². The predicted octanol–water partition coefficient (Wildman–Crippen LogP) is 0.116. The highest BCUT2D eigenvalue weighted by atomic mass is 16.2. The molecule has 0 aliphatic rings. The summed E-state index contributed by atoms with van der Waals surface area (Å²) in [5, 5.41) is 0.305. The van der Waals surface area contributed by atoms with Crippen LogP contribution in [0.4, 0.5) is 0 Å². The predicted molar refractivity (Wildman–Crippen MR) is 80.5 cm³/mol. The zero-order valence-electron chi connectivity index (χ0n) is 12.0. The molecular formula is C14H13N5O3. The number of fused-ring (bicyclic) bond motifs is 1. The fraction of sp³-hybridized carbons (Fsp3) is 0.143. The summed E-state index contributed by atoms with van der Waals surface area (Å²) in [6, 6.07) is 6.57. The van der Waals surface area contributed by atoms with E-state index >= 15 is 0 Å². The molecule has 2 aromatic heterocycles. The Morgan fingerprint density at radius 2 is 2.00 bits per heavy atom. The highest BCUT2D eigenvalue weighted by Gasteiger charge is 2.14. The second kappa shape index (κ2) is 4.99. The standard InChI is InChI=1S/C14H13N5O3/c1-8-15-11(7-18(8)2)12(20)17-19-13(21)9-5-3-4-6-10(9)16-14(19)22/h3-7H,1-2H3,(H,16,22)(H,17,20). The van der Waals surface area contributed by atoms with Gasteiger partial charge < -0.3 is 9.55 Å². The summed E-state index contributed by atoms with van der Waals surface area (Å²) in [7, 11) is 1.74. The average molecular weight is 299 g/mol. The van der Waals surface area contributed by atoms with Crippen molar-refractivity contribution in [3.05, 3.63) is 62.8 Å². The first kappa shape index (κ1) is 13.8. The molecule has 0 fully saturated rings. The van der Waals surface area contributed by atoms with Crippen LogP contribution in [0.2, 0.25) is 0 Å². The van der Waals surface area contributed by atoms with E-state index in [4.69, 9.17) is 0 Å². The number of hydrogen-bond donors (Lipinski definition) is 2. The number of H-pyrrole nitrogens is 1. The van der Waals surface area contributed by atoms with Crippen LogP contribution in [0.3, 0.4) is 0 Å². The van der Waals surface area contributed by atoms with Gasteiger partial charge in [-0.05, 0) is 19.1 Å². The first-order valence-electron chi connectivity index (χ1n) is 6.53. The van der Waals surface area contributed by atoms with Crippen LogP contribution in [0.1, 0.15) is 16.3 Å². The lowest BCUT2D eigenvalue weighted by Gasteiger charge is -2.06. The maximum absolute atomic E-state index is 12.3. The highest BCUT2D eigenvalue weighted by molar-refractivity contribution is 5.98. The Bertz CT molecular complexity index is 976. The summed E-state index contributed by atoms with van der Waals surface area (Å²) >= 11 is 0. The fourth-order valence-electron chi connectivity index (χ4n) is 2.09. The monoisotopic (exact) mass is 299 g/mol. The summed E-state index contributed by atoms with van der Waals surface area (Å²) in [6.07, 6.45) is 1.52. The number of aromatic nitrogens is 4. The van der Waals surface area contributed by atoms with Gasteiger partial charge in [0.15, 0.2) is 0 Å². The van der Waals surface area contributed by atoms with Crippen LogP contribution in [0.5, 0.6) is 0 Å². The Kier molecular flexibility index (Phi) is 3.13. The molecular weight excluding hydrogens is 286 g/mol. The molecule has 3 rings (SSSR count). The minimum Gasteiger partial charge on any atom is -0.337 e. The lowest BCUT2D eigenvalue weighted by Crippen LogP contribution is -2.43. The van der Waals surface area contributed by atoms with Crippen LogP contribution in [-0.2, 0) is 7.05 Å². The van der Waals surface area contributed by atoms with E-state index in [2.05, 4.69) is 15.4 Å². The maximum Gasteiger partial charge on any atom is 0.348 e. The van der Waals surface area contributed by atoms with Crippen molar-refractivity contribution in [2.75, 3.05) is 5.43 Å². The number of nitrogens with one attached hydrogen (secondary N) is 2. The van der Waals surface area contributed by atoms with Crippen LogP contribution in [-0.4, -0.2) is 25.1 Å². The van der Waals surface area contributed by atoms with Crippen molar-refractivity contribution < 1.29 is 4.79 Å². The molecule has 8 heteroatoms. The van der Waals surface area contributed by atoms with Gasteiger partial charge in [0.25, 0.3) is 11.5 Å². The minimum atomic E-state index is -0.718. The van der Waals surface area contributed by atoms with Crippen LogP contribution < -0.4 is 16.7 Å². The number of para-hydroxylation sites is 1. The van der Waals surface area contributed by atoms with Crippen LogP contribution >= 0.6 is 0 Å².